The highest BCUT2D eigenvalue weighted by Gasteiger charge is 2.21. The highest BCUT2D eigenvalue weighted by molar-refractivity contribution is 7.91. The molecular formula is C19H23N3O7S2. The smallest absolute Gasteiger partial charge is 0.293 e. The van der Waals surface area contributed by atoms with Crippen LogP contribution in [0.3, 0.4) is 0 Å². The number of amides is 1. The molecule has 0 unspecified atom stereocenters. The fourth-order valence-corrected chi connectivity index (χ4v) is 5.00. The van der Waals surface area contributed by atoms with Crippen LogP contribution < -0.4 is 10.6 Å². The van der Waals surface area contributed by atoms with E-state index in [1.165, 1.54) is 24.3 Å². The molecule has 0 radical (unpaired) electrons. The zero-order valence-electron chi connectivity index (χ0n) is 17.0. The third-order valence-electron chi connectivity index (χ3n) is 4.26. The van der Waals surface area contributed by atoms with Crippen molar-refractivity contribution in [3.05, 3.63) is 58.1 Å². The van der Waals surface area contributed by atoms with Gasteiger partial charge in [0.15, 0.2) is 19.7 Å². The highest BCUT2D eigenvalue weighted by atomic mass is 32.2. The SMILES string of the molecule is CCCS(=O)(=O)c1ccccc1C(=O)NCCNc1ccc(S(C)(=O)=O)cc1[N+](=O)[O-]. The lowest BCUT2D eigenvalue weighted by Gasteiger charge is -2.12. The molecule has 0 aliphatic carbocycles. The van der Waals surface area contributed by atoms with Crippen molar-refractivity contribution in [3.8, 4) is 0 Å². The Bertz CT molecular complexity index is 1190. The minimum Gasteiger partial charge on any atom is -0.378 e. The second-order valence-corrected chi connectivity index (χ2v) is 10.8. The van der Waals surface area contributed by atoms with E-state index < -0.39 is 36.2 Å². The Morgan fingerprint density at radius 3 is 2.35 bits per heavy atom. The van der Waals surface area contributed by atoms with Gasteiger partial charge in [-0.15, -0.1) is 0 Å². The molecule has 0 atom stereocenters. The molecule has 2 N–H and O–H groups in total. The molecule has 2 rings (SSSR count). The van der Waals surface area contributed by atoms with E-state index >= 15 is 0 Å². The number of hydrogen-bond acceptors (Lipinski definition) is 8. The molecule has 0 bridgehead atoms. The van der Waals surface area contributed by atoms with Gasteiger partial charge in [0, 0.05) is 25.4 Å². The number of anilines is 1. The fraction of sp³-hybridized carbons (Fsp3) is 0.316. The molecule has 10 nitrogen and oxygen atoms in total. The fourth-order valence-electron chi connectivity index (χ4n) is 2.82. The van der Waals surface area contributed by atoms with Gasteiger partial charge in [-0.2, -0.15) is 0 Å². The van der Waals surface area contributed by atoms with Gasteiger partial charge in [0.1, 0.15) is 5.69 Å². The van der Waals surface area contributed by atoms with E-state index in [9.17, 15) is 31.7 Å². The molecule has 0 fully saturated rings. The van der Waals surface area contributed by atoms with Crippen molar-refractivity contribution in [2.75, 3.05) is 30.4 Å². The minimum atomic E-state index is -3.60. The second kappa shape index (κ2) is 9.88. The van der Waals surface area contributed by atoms with E-state index in [4.69, 9.17) is 0 Å². The summed E-state index contributed by atoms with van der Waals surface area (Å²) in [6.45, 7) is 1.87. The molecule has 0 heterocycles. The molecular weight excluding hydrogens is 446 g/mol. The number of nitrogens with one attached hydrogen (secondary N) is 2. The first kappa shape index (κ1) is 24.3. The van der Waals surface area contributed by atoms with Gasteiger partial charge >= 0.3 is 0 Å². The molecule has 12 heteroatoms. The Morgan fingerprint density at radius 2 is 1.74 bits per heavy atom. The number of hydrogen-bond donors (Lipinski definition) is 2. The quantitative estimate of drug-likeness (QED) is 0.304. The Labute approximate surface area is 180 Å². The van der Waals surface area contributed by atoms with Crippen molar-refractivity contribution in [1.29, 1.82) is 0 Å². The molecule has 1 amide bonds. The standard InChI is InChI=1S/C19H23N3O7S2/c1-3-12-31(28,29)18-7-5-4-6-15(18)19(23)21-11-10-20-16-9-8-14(30(2,26)27)13-17(16)22(24)25/h4-9,13,20H,3,10-12H2,1-2H3,(H,21,23). The van der Waals surface area contributed by atoms with Crippen molar-refractivity contribution in [3.63, 3.8) is 0 Å². The van der Waals surface area contributed by atoms with Crippen LogP contribution in [0.4, 0.5) is 11.4 Å². The zero-order valence-corrected chi connectivity index (χ0v) is 18.6. The monoisotopic (exact) mass is 469 g/mol. The molecule has 168 valence electrons. The molecule has 2 aromatic carbocycles. The first-order valence-corrected chi connectivity index (χ1v) is 12.8. The second-order valence-electron chi connectivity index (χ2n) is 6.71. The Balaban J connectivity index is 2.08. The van der Waals surface area contributed by atoms with Crippen LogP contribution >= 0.6 is 0 Å². The minimum absolute atomic E-state index is 0.0273. The molecule has 0 saturated heterocycles. The molecule has 2 aromatic rings. The molecule has 0 aromatic heterocycles. The molecule has 0 saturated carbocycles. The summed E-state index contributed by atoms with van der Waals surface area (Å²) in [4.78, 5) is 22.8. The van der Waals surface area contributed by atoms with Crippen molar-refractivity contribution in [2.24, 2.45) is 0 Å². The summed E-state index contributed by atoms with van der Waals surface area (Å²) in [6, 6.07) is 9.39. The maximum atomic E-state index is 12.5. The van der Waals surface area contributed by atoms with E-state index in [1.54, 1.807) is 19.1 Å². The van der Waals surface area contributed by atoms with Gasteiger partial charge in [-0.3, -0.25) is 14.9 Å². The van der Waals surface area contributed by atoms with Crippen molar-refractivity contribution >= 4 is 37.0 Å². The summed E-state index contributed by atoms with van der Waals surface area (Å²) in [5.41, 5.74) is -0.290. The molecule has 0 spiro atoms. The number of nitrogens with zero attached hydrogens (tertiary/aromatic N) is 1. The zero-order chi connectivity index (χ0) is 23.2. The van der Waals surface area contributed by atoms with Crippen LogP contribution in [0, 0.1) is 10.1 Å². The van der Waals surface area contributed by atoms with Gasteiger partial charge in [0.25, 0.3) is 11.6 Å². The highest BCUT2D eigenvalue weighted by Crippen LogP contribution is 2.27. The average molecular weight is 470 g/mol. The predicted molar refractivity (Wildman–Crippen MR) is 116 cm³/mol. The van der Waals surface area contributed by atoms with Crippen LogP contribution in [0.1, 0.15) is 23.7 Å². The van der Waals surface area contributed by atoms with Crippen LogP contribution in [-0.4, -0.2) is 52.8 Å². The lowest BCUT2D eigenvalue weighted by atomic mass is 10.2. The number of sulfone groups is 2. The maximum absolute atomic E-state index is 12.5. The van der Waals surface area contributed by atoms with Gasteiger partial charge in [0.2, 0.25) is 0 Å². The third-order valence-corrected chi connectivity index (χ3v) is 7.34. The van der Waals surface area contributed by atoms with E-state index in [-0.39, 0.29) is 39.9 Å². The number of rotatable bonds is 10. The van der Waals surface area contributed by atoms with E-state index in [2.05, 4.69) is 10.6 Å². The summed E-state index contributed by atoms with van der Waals surface area (Å²) >= 11 is 0. The summed E-state index contributed by atoms with van der Waals surface area (Å²) in [5.74, 6) is -0.662. The normalized spacial score (nSPS) is 11.7. The van der Waals surface area contributed by atoms with Gasteiger partial charge in [-0.1, -0.05) is 19.1 Å². The summed E-state index contributed by atoms with van der Waals surface area (Å²) in [6.07, 6.45) is 1.37. The third kappa shape index (κ3) is 6.25. The lowest BCUT2D eigenvalue weighted by molar-refractivity contribution is -0.384. The van der Waals surface area contributed by atoms with E-state index in [1.807, 2.05) is 0 Å². The predicted octanol–water partition coefficient (Wildman–Crippen LogP) is 2.02. The Morgan fingerprint density at radius 1 is 1.06 bits per heavy atom. The first-order chi connectivity index (χ1) is 14.5. The summed E-state index contributed by atoms with van der Waals surface area (Å²) in [5, 5.41) is 16.6. The van der Waals surface area contributed by atoms with Crippen molar-refractivity contribution < 1.29 is 26.6 Å². The average Bonchev–Trinajstić information content (AvgIpc) is 2.70. The van der Waals surface area contributed by atoms with Gasteiger partial charge < -0.3 is 10.6 Å². The molecule has 0 aliphatic heterocycles. The van der Waals surface area contributed by atoms with E-state index in [0.29, 0.717) is 6.42 Å². The first-order valence-electron chi connectivity index (χ1n) is 9.29. The number of nitro benzene ring substituents is 1. The summed E-state index contributed by atoms with van der Waals surface area (Å²) < 4.78 is 47.9. The number of carbonyl (C=O) groups excluding carboxylic acids is 1. The number of benzene rings is 2. The number of nitro groups is 1. The molecule has 0 aliphatic rings. The van der Waals surface area contributed by atoms with Gasteiger partial charge in [-0.25, -0.2) is 16.8 Å². The van der Waals surface area contributed by atoms with Crippen LogP contribution in [0.2, 0.25) is 0 Å². The van der Waals surface area contributed by atoms with Crippen LogP contribution in [0.5, 0.6) is 0 Å². The Kier molecular flexibility index (Phi) is 7.74. The van der Waals surface area contributed by atoms with Gasteiger partial charge in [0.05, 0.1) is 26.0 Å². The van der Waals surface area contributed by atoms with Crippen LogP contribution in [0.15, 0.2) is 52.3 Å². The maximum Gasteiger partial charge on any atom is 0.293 e. The van der Waals surface area contributed by atoms with Crippen LogP contribution in [-0.2, 0) is 19.7 Å². The Hall–Kier alpha value is -2.99. The molecule has 31 heavy (non-hydrogen) atoms. The topological polar surface area (TPSA) is 153 Å². The largest absolute Gasteiger partial charge is 0.378 e. The van der Waals surface area contributed by atoms with Crippen LogP contribution in [0.25, 0.3) is 0 Å². The lowest BCUT2D eigenvalue weighted by Crippen LogP contribution is -2.30. The van der Waals surface area contributed by atoms with Crippen molar-refractivity contribution in [1.82, 2.24) is 5.32 Å². The van der Waals surface area contributed by atoms with E-state index in [0.717, 1.165) is 12.3 Å². The number of carbonyl (C=O) groups is 1. The van der Waals surface area contributed by atoms with Gasteiger partial charge in [-0.05, 0) is 30.7 Å². The summed E-state index contributed by atoms with van der Waals surface area (Å²) in [7, 11) is -7.19. The van der Waals surface area contributed by atoms with Crippen molar-refractivity contribution in [2.45, 2.75) is 23.1 Å².